The van der Waals surface area contributed by atoms with E-state index in [4.69, 9.17) is 22.1 Å². The van der Waals surface area contributed by atoms with Crippen molar-refractivity contribution < 1.29 is 9.53 Å². The number of carbonyl (C=O) groups excluding carboxylic acids is 1. The number of nitrogens with two attached hydrogens (primary N) is 1. The molecule has 0 saturated carbocycles. The lowest BCUT2D eigenvalue weighted by Gasteiger charge is -2.08. The van der Waals surface area contributed by atoms with E-state index in [0.29, 0.717) is 23.9 Å². The molecule has 4 nitrogen and oxygen atoms in total. The number of ether oxygens (including phenoxy) is 1. The minimum atomic E-state index is -0.513. The molecule has 0 saturated heterocycles. The summed E-state index contributed by atoms with van der Waals surface area (Å²) in [5, 5.41) is 3.00. The fourth-order valence-corrected chi connectivity index (χ4v) is 1.27. The summed E-state index contributed by atoms with van der Waals surface area (Å²) >= 11 is 5.88. The zero-order valence-corrected chi connectivity index (χ0v) is 9.88. The Morgan fingerprint density at radius 1 is 1.56 bits per heavy atom. The molecule has 0 spiro atoms. The Balaban J connectivity index is 2.52. The van der Waals surface area contributed by atoms with Crippen LogP contribution < -0.4 is 15.8 Å². The second kappa shape index (κ2) is 6.35. The van der Waals surface area contributed by atoms with Crippen LogP contribution in [-0.4, -0.2) is 19.2 Å². The van der Waals surface area contributed by atoms with Gasteiger partial charge in [-0.25, -0.2) is 4.79 Å². The average molecular weight is 243 g/mol. The quantitative estimate of drug-likeness (QED) is 0.795. The van der Waals surface area contributed by atoms with Crippen LogP contribution in [0.15, 0.2) is 18.2 Å². The predicted molar refractivity (Wildman–Crippen MR) is 63.9 cm³/mol. The summed E-state index contributed by atoms with van der Waals surface area (Å²) in [6, 6.07) is 5.26. The van der Waals surface area contributed by atoms with Gasteiger partial charge in [0.25, 0.3) is 0 Å². The molecule has 0 aromatic heterocycles. The smallest absolute Gasteiger partial charge is 0.409 e. The molecule has 1 amide bonds. The van der Waals surface area contributed by atoms with Crippen molar-refractivity contribution in [2.45, 2.75) is 13.3 Å². The van der Waals surface area contributed by atoms with E-state index >= 15 is 0 Å². The minimum absolute atomic E-state index is 0.368. The largest absolute Gasteiger partial charge is 0.412 e. The molecule has 16 heavy (non-hydrogen) atoms. The van der Waals surface area contributed by atoms with Crippen molar-refractivity contribution in [1.82, 2.24) is 5.32 Å². The summed E-state index contributed by atoms with van der Waals surface area (Å²) in [6.07, 6.45) is 0.206. The normalized spacial score (nSPS) is 9.94. The molecule has 1 rings (SSSR count). The van der Waals surface area contributed by atoms with E-state index < -0.39 is 6.09 Å². The molecule has 0 atom stereocenters. The topological polar surface area (TPSA) is 64.3 Å². The van der Waals surface area contributed by atoms with Gasteiger partial charge in [-0.1, -0.05) is 17.7 Å². The molecular formula is C11H15ClN2O2. The Labute approximate surface area is 99.7 Å². The minimum Gasteiger partial charge on any atom is -0.409 e. The third-order valence-electron chi connectivity index (χ3n) is 1.94. The van der Waals surface area contributed by atoms with Crippen LogP contribution in [0, 0.1) is 6.92 Å². The van der Waals surface area contributed by atoms with Crippen molar-refractivity contribution >= 4 is 17.7 Å². The van der Waals surface area contributed by atoms with Crippen LogP contribution >= 0.6 is 11.6 Å². The van der Waals surface area contributed by atoms with E-state index in [2.05, 4.69) is 5.32 Å². The fourth-order valence-electron chi connectivity index (χ4n) is 1.12. The zero-order chi connectivity index (χ0) is 12.0. The van der Waals surface area contributed by atoms with Gasteiger partial charge in [-0.05, 0) is 37.6 Å². The van der Waals surface area contributed by atoms with Gasteiger partial charge in [0.15, 0.2) is 5.75 Å². The maximum atomic E-state index is 11.3. The number of carbonyl (C=O) groups is 1. The van der Waals surface area contributed by atoms with Crippen LogP contribution in [0.2, 0.25) is 5.02 Å². The van der Waals surface area contributed by atoms with E-state index in [1.54, 1.807) is 12.1 Å². The van der Waals surface area contributed by atoms with Gasteiger partial charge in [0.2, 0.25) is 0 Å². The van der Waals surface area contributed by atoms with E-state index in [-0.39, 0.29) is 0 Å². The molecule has 0 fully saturated rings. The highest BCUT2D eigenvalue weighted by Crippen LogP contribution is 2.25. The Morgan fingerprint density at radius 2 is 2.31 bits per heavy atom. The second-order valence-electron chi connectivity index (χ2n) is 3.39. The van der Waals surface area contributed by atoms with Crippen LogP contribution in [0.4, 0.5) is 4.79 Å². The van der Waals surface area contributed by atoms with Crippen molar-refractivity contribution in [2.24, 2.45) is 5.73 Å². The van der Waals surface area contributed by atoms with Crippen LogP contribution in [0.1, 0.15) is 12.0 Å². The van der Waals surface area contributed by atoms with Gasteiger partial charge < -0.3 is 15.8 Å². The summed E-state index contributed by atoms with van der Waals surface area (Å²) in [5.41, 5.74) is 6.28. The number of hydrogen-bond acceptors (Lipinski definition) is 3. The maximum absolute atomic E-state index is 11.3. The van der Waals surface area contributed by atoms with Crippen LogP contribution in [-0.2, 0) is 0 Å². The first-order valence-corrected chi connectivity index (χ1v) is 5.43. The van der Waals surface area contributed by atoms with Crippen LogP contribution in [0.25, 0.3) is 0 Å². The van der Waals surface area contributed by atoms with Gasteiger partial charge in [0.05, 0.1) is 5.02 Å². The lowest BCUT2D eigenvalue weighted by molar-refractivity contribution is 0.200. The fraction of sp³-hybridized carbons (Fsp3) is 0.364. The molecule has 0 aliphatic heterocycles. The van der Waals surface area contributed by atoms with E-state index in [9.17, 15) is 4.79 Å². The standard InChI is InChI=1S/C11H15ClN2O2/c1-8-3-4-9(12)10(7-8)16-11(15)14-6-2-5-13/h3-4,7H,2,5-6,13H2,1H3,(H,14,15). The molecule has 1 aromatic carbocycles. The summed E-state index contributed by atoms with van der Waals surface area (Å²) in [7, 11) is 0. The molecule has 0 unspecified atom stereocenters. The first-order valence-electron chi connectivity index (χ1n) is 5.05. The Morgan fingerprint density at radius 3 is 3.00 bits per heavy atom. The number of aryl methyl sites for hydroxylation is 1. The van der Waals surface area contributed by atoms with E-state index in [0.717, 1.165) is 12.0 Å². The van der Waals surface area contributed by atoms with E-state index in [1.807, 2.05) is 13.0 Å². The summed E-state index contributed by atoms with van der Waals surface area (Å²) < 4.78 is 5.05. The molecule has 88 valence electrons. The van der Waals surface area contributed by atoms with Gasteiger partial charge in [0.1, 0.15) is 0 Å². The van der Waals surface area contributed by atoms with Gasteiger partial charge in [-0.15, -0.1) is 0 Å². The molecule has 0 aliphatic rings. The molecule has 0 aliphatic carbocycles. The number of amides is 1. The number of rotatable bonds is 4. The van der Waals surface area contributed by atoms with Crippen LogP contribution in [0.5, 0.6) is 5.75 Å². The molecule has 3 N–H and O–H groups in total. The predicted octanol–water partition coefficient (Wildman–Crippen LogP) is 2.09. The molecule has 0 radical (unpaired) electrons. The Bertz CT molecular complexity index is 369. The summed E-state index contributed by atoms with van der Waals surface area (Å²) in [6.45, 7) is 2.93. The molecule has 5 heteroatoms. The second-order valence-corrected chi connectivity index (χ2v) is 3.80. The summed E-state index contributed by atoms with van der Waals surface area (Å²) in [5.74, 6) is 0.368. The summed E-state index contributed by atoms with van der Waals surface area (Å²) in [4.78, 5) is 11.3. The Kier molecular flexibility index (Phi) is 5.08. The third-order valence-corrected chi connectivity index (χ3v) is 2.25. The lowest BCUT2D eigenvalue weighted by Crippen LogP contribution is -2.28. The molecule has 0 bridgehead atoms. The highest BCUT2D eigenvalue weighted by atomic mass is 35.5. The van der Waals surface area contributed by atoms with Gasteiger partial charge in [-0.2, -0.15) is 0 Å². The van der Waals surface area contributed by atoms with Gasteiger partial charge in [0, 0.05) is 6.54 Å². The van der Waals surface area contributed by atoms with Crippen molar-refractivity contribution in [3.8, 4) is 5.75 Å². The first kappa shape index (κ1) is 12.8. The van der Waals surface area contributed by atoms with Crippen molar-refractivity contribution in [1.29, 1.82) is 0 Å². The monoisotopic (exact) mass is 242 g/mol. The van der Waals surface area contributed by atoms with Gasteiger partial charge in [-0.3, -0.25) is 0 Å². The highest BCUT2D eigenvalue weighted by molar-refractivity contribution is 6.32. The third kappa shape index (κ3) is 4.08. The lowest BCUT2D eigenvalue weighted by atomic mass is 10.2. The van der Waals surface area contributed by atoms with Crippen molar-refractivity contribution in [2.75, 3.05) is 13.1 Å². The number of hydrogen-bond donors (Lipinski definition) is 2. The average Bonchev–Trinajstić information content (AvgIpc) is 2.24. The van der Waals surface area contributed by atoms with Crippen molar-refractivity contribution in [3.05, 3.63) is 28.8 Å². The van der Waals surface area contributed by atoms with E-state index in [1.165, 1.54) is 0 Å². The zero-order valence-electron chi connectivity index (χ0n) is 9.13. The number of benzene rings is 1. The Hall–Kier alpha value is -1.26. The molecular weight excluding hydrogens is 228 g/mol. The number of nitrogens with one attached hydrogen (secondary N) is 1. The molecule has 1 aromatic rings. The highest BCUT2D eigenvalue weighted by Gasteiger charge is 2.07. The van der Waals surface area contributed by atoms with Crippen LogP contribution in [0.3, 0.4) is 0 Å². The number of halogens is 1. The van der Waals surface area contributed by atoms with Crippen molar-refractivity contribution in [3.63, 3.8) is 0 Å². The SMILES string of the molecule is Cc1ccc(Cl)c(OC(=O)NCCCN)c1. The molecule has 0 heterocycles. The maximum Gasteiger partial charge on any atom is 0.412 e. The first-order chi connectivity index (χ1) is 7.63. The van der Waals surface area contributed by atoms with Gasteiger partial charge >= 0.3 is 6.09 Å².